The topological polar surface area (TPSA) is 66.5 Å². The number of thiophene rings is 1. The number of rotatable bonds is 5. The van der Waals surface area contributed by atoms with Gasteiger partial charge in [0.1, 0.15) is 4.21 Å². The molecule has 0 saturated carbocycles. The van der Waals surface area contributed by atoms with Crippen molar-refractivity contribution >= 4 is 27.3 Å². The largest absolute Gasteiger partial charge is 0.353 e. The van der Waals surface area contributed by atoms with E-state index in [4.69, 9.17) is 0 Å². The van der Waals surface area contributed by atoms with Crippen LogP contribution >= 0.6 is 11.3 Å². The summed E-state index contributed by atoms with van der Waals surface area (Å²) in [6.45, 7) is 6.96. The monoisotopic (exact) mass is 344 g/mol. The first-order chi connectivity index (χ1) is 10.3. The molecule has 2 heterocycles. The molecule has 1 aromatic heterocycles. The highest BCUT2D eigenvalue weighted by atomic mass is 32.2. The summed E-state index contributed by atoms with van der Waals surface area (Å²) < 4.78 is 26.7. The van der Waals surface area contributed by atoms with E-state index in [2.05, 4.69) is 19.2 Å². The van der Waals surface area contributed by atoms with Crippen LogP contribution in [0.15, 0.2) is 21.7 Å². The van der Waals surface area contributed by atoms with Gasteiger partial charge in [0.25, 0.3) is 10.0 Å². The van der Waals surface area contributed by atoms with Crippen LogP contribution in [0.2, 0.25) is 0 Å². The third kappa shape index (κ3) is 3.88. The first kappa shape index (κ1) is 17.4. The molecule has 0 bridgehead atoms. The van der Waals surface area contributed by atoms with Gasteiger partial charge in [0.15, 0.2) is 0 Å². The number of hydrogen-bond acceptors (Lipinski definition) is 4. The fourth-order valence-corrected chi connectivity index (χ4v) is 5.02. The lowest BCUT2D eigenvalue weighted by atomic mass is 9.96. The molecule has 1 atom stereocenters. The molecular weight excluding hydrogens is 320 g/mol. The van der Waals surface area contributed by atoms with Crippen LogP contribution in [0.5, 0.6) is 0 Å². The normalized spacial score (nSPS) is 19.3. The number of nitrogens with zero attached hydrogens (tertiary/aromatic N) is 1. The van der Waals surface area contributed by atoms with Crippen LogP contribution in [0, 0.1) is 11.8 Å². The molecule has 22 heavy (non-hydrogen) atoms. The lowest BCUT2D eigenvalue weighted by molar-refractivity contribution is -0.127. The molecule has 0 aliphatic carbocycles. The Balaban J connectivity index is 1.92. The number of amides is 1. The van der Waals surface area contributed by atoms with Crippen LogP contribution in [0.25, 0.3) is 0 Å². The van der Waals surface area contributed by atoms with Crippen molar-refractivity contribution < 1.29 is 13.2 Å². The second kappa shape index (κ2) is 7.10. The summed E-state index contributed by atoms with van der Waals surface area (Å²) in [6, 6.07) is 3.51. The van der Waals surface area contributed by atoms with E-state index in [1.165, 1.54) is 15.6 Å². The number of hydrogen-bond donors (Lipinski definition) is 1. The maximum Gasteiger partial charge on any atom is 0.252 e. The molecule has 1 N–H and O–H groups in total. The lowest BCUT2D eigenvalue weighted by Gasteiger charge is -2.31. The molecule has 1 aliphatic rings. The zero-order chi connectivity index (χ0) is 16.3. The van der Waals surface area contributed by atoms with Gasteiger partial charge in [0, 0.05) is 25.0 Å². The van der Waals surface area contributed by atoms with Crippen LogP contribution in [0.4, 0.5) is 0 Å². The molecule has 5 nitrogen and oxygen atoms in total. The van der Waals surface area contributed by atoms with Crippen molar-refractivity contribution in [3.05, 3.63) is 17.5 Å². The Labute approximate surface area is 136 Å². The van der Waals surface area contributed by atoms with Crippen molar-refractivity contribution in [2.75, 3.05) is 13.1 Å². The molecule has 1 aromatic rings. The van der Waals surface area contributed by atoms with Gasteiger partial charge in [-0.2, -0.15) is 4.31 Å². The summed E-state index contributed by atoms with van der Waals surface area (Å²) in [5, 5.41) is 4.79. The molecule has 0 spiro atoms. The van der Waals surface area contributed by atoms with Crippen LogP contribution in [-0.4, -0.2) is 37.8 Å². The third-order valence-electron chi connectivity index (χ3n) is 4.28. The third-order valence-corrected chi connectivity index (χ3v) is 7.56. The quantitative estimate of drug-likeness (QED) is 0.891. The number of carbonyl (C=O) groups excluding carboxylic acids is 1. The summed E-state index contributed by atoms with van der Waals surface area (Å²) in [5.41, 5.74) is 0. The van der Waals surface area contributed by atoms with Crippen molar-refractivity contribution in [3.63, 3.8) is 0 Å². The van der Waals surface area contributed by atoms with Gasteiger partial charge in [-0.15, -0.1) is 11.3 Å². The molecule has 124 valence electrons. The Kier molecular flexibility index (Phi) is 5.63. The van der Waals surface area contributed by atoms with Gasteiger partial charge in [0.05, 0.1) is 0 Å². The Morgan fingerprint density at radius 3 is 2.45 bits per heavy atom. The molecule has 0 unspecified atom stereocenters. The van der Waals surface area contributed by atoms with Crippen molar-refractivity contribution in [2.45, 2.75) is 43.9 Å². The average Bonchev–Trinajstić information content (AvgIpc) is 3.02. The summed E-state index contributed by atoms with van der Waals surface area (Å²) >= 11 is 1.23. The molecule has 0 aromatic carbocycles. The molecule has 0 radical (unpaired) electrons. The van der Waals surface area contributed by atoms with E-state index >= 15 is 0 Å². The van der Waals surface area contributed by atoms with E-state index < -0.39 is 10.0 Å². The smallest absolute Gasteiger partial charge is 0.252 e. The van der Waals surface area contributed by atoms with Crippen LogP contribution in [0.3, 0.4) is 0 Å². The minimum atomic E-state index is -3.38. The first-order valence-electron chi connectivity index (χ1n) is 7.66. The predicted molar refractivity (Wildman–Crippen MR) is 88.2 cm³/mol. The highest BCUT2D eigenvalue weighted by molar-refractivity contribution is 7.91. The van der Waals surface area contributed by atoms with Gasteiger partial charge in [-0.25, -0.2) is 8.42 Å². The lowest BCUT2D eigenvalue weighted by Crippen LogP contribution is -2.45. The maximum absolute atomic E-state index is 12.4. The molecule has 7 heteroatoms. The summed E-state index contributed by atoms with van der Waals surface area (Å²) in [4.78, 5) is 12.2. The SMILES string of the molecule is CC(C)[C@@H](C)NC(=O)C1CCN(S(=O)(=O)c2cccs2)CC1. The number of piperidine rings is 1. The number of carbonyl (C=O) groups is 1. The average molecular weight is 345 g/mol. The van der Waals surface area contributed by atoms with Crippen molar-refractivity contribution in [2.24, 2.45) is 11.8 Å². The van der Waals surface area contributed by atoms with E-state index in [9.17, 15) is 13.2 Å². The van der Waals surface area contributed by atoms with E-state index in [0.29, 0.717) is 36.1 Å². The van der Waals surface area contributed by atoms with E-state index in [0.717, 1.165) is 0 Å². The zero-order valence-electron chi connectivity index (χ0n) is 13.3. The van der Waals surface area contributed by atoms with Crippen LogP contribution < -0.4 is 5.32 Å². The Bertz CT molecular complexity index is 588. The fourth-order valence-electron chi connectivity index (χ4n) is 2.40. The van der Waals surface area contributed by atoms with Gasteiger partial charge in [0.2, 0.25) is 5.91 Å². The minimum absolute atomic E-state index is 0.0503. The Hall–Kier alpha value is -0.920. The van der Waals surface area contributed by atoms with E-state index in [-0.39, 0.29) is 17.9 Å². The number of sulfonamides is 1. The predicted octanol–water partition coefficient (Wildman–Crippen LogP) is 2.31. The van der Waals surface area contributed by atoms with Gasteiger partial charge in [-0.1, -0.05) is 19.9 Å². The van der Waals surface area contributed by atoms with Gasteiger partial charge >= 0.3 is 0 Å². The molecule has 1 fully saturated rings. The van der Waals surface area contributed by atoms with Gasteiger partial charge < -0.3 is 5.32 Å². The van der Waals surface area contributed by atoms with Gasteiger partial charge in [-0.05, 0) is 37.1 Å². The minimum Gasteiger partial charge on any atom is -0.353 e. The summed E-state index contributed by atoms with van der Waals surface area (Å²) in [7, 11) is -3.38. The molecule has 1 saturated heterocycles. The highest BCUT2D eigenvalue weighted by Gasteiger charge is 2.32. The second-order valence-electron chi connectivity index (χ2n) is 6.15. The van der Waals surface area contributed by atoms with Crippen LogP contribution in [0.1, 0.15) is 33.6 Å². The Morgan fingerprint density at radius 1 is 1.32 bits per heavy atom. The molecular formula is C15H24N2O3S2. The standard InChI is InChI=1S/C15H24N2O3S2/c1-11(2)12(3)16-15(18)13-6-8-17(9-7-13)22(19,20)14-5-4-10-21-14/h4-5,10-13H,6-9H2,1-3H3,(H,16,18)/t12-/m1/s1. The Morgan fingerprint density at radius 2 is 1.95 bits per heavy atom. The summed E-state index contributed by atoms with van der Waals surface area (Å²) in [5.74, 6) is 0.355. The second-order valence-corrected chi connectivity index (χ2v) is 9.26. The number of nitrogens with one attached hydrogen (secondary N) is 1. The van der Waals surface area contributed by atoms with Crippen LogP contribution in [-0.2, 0) is 14.8 Å². The fraction of sp³-hybridized carbons (Fsp3) is 0.667. The molecule has 2 rings (SSSR count). The van der Waals surface area contributed by atoms with Crippen molar-refractivity contribution in [1.29, 1.82) is 0 Å². The molecule has 1 amide bonds. The summed E-state index contributed by atoms with van der Waals surface area (Å²) in [6.07, 6.45) is 1.17. The zero-order valence-corrected chi connectivity index (χ0v) is 14.9. The molecule has 1 aliphatic heterocycles. The first-order valence-corrected chi connectivity index (χ1v) is 9.98. The van der Waals surface area contributed by atoms with Crippen molar-refractivity contribution in [3.8, 4) is 0 Å². The van der Waals surface area contributed by atoms with E-state index in [1.54, 1.807) is 17.5 Å². The highest BCUT2D eigenvalue weighted by Crippen LogP contribution is 2.26. The van der Waals surface area contributed by atoms with Gasteiger partial charge in [-0.3, -0.25) is 4.79 Å². The van der Waals surface area contributed by atoms with Crippen molar-refractivity contribution in [1.82, 2.24) is 9.62 Å². The maximum atomic E-state index is 12.4. The van der Waals surface area contributed by atoms with E-state index in [1.807, 2.05) is 6.92 Å².